The van der Waals surface area contributed by atoms with Gasteiger partial charge in [-0.05, 0) is 67.1 Å². The number of carbonyl (C=O) groups is 1. The Morgan fingerprint density at radius 2 is 1.66 bits per heavy atom. The fourth-order valence-corrected chi connectivity index (χ4v) is 4.65. The van der Waals surface area contributed by atoms with Gasteiger partial charge in [-0.3, -0.25) is 9.52 Å². The molecule has 8 heteroatoms. The lowest BCUT2D eigenvalue weighted by Crippen LogP contribution is -2.35. The number of ether oxygens (including phenoxy) is 1. The van der Waals surface area contributed by atoms with E-state index >= 15 is 0 Å². The first-order valence-corrected chi connectivity index (χ1v) is 12.8. The lowest BCUT2D eigenvalue weighted by atomic mass is 10.0. The summed E-state index contributed by atoms with van der Waals surface area (Å²) in [4.78, 5) is 14.3. The Kier molecular flexibility index (Phi) is 8.39. The molecule has 2 aromatic carbocycles. The average molecular weight is 460 g/mol. The first-order chi connectivity index (χ1) is 15.3. The largest absolute Gasteiger partial charge is 0.492 e. The number of nitrogens with zero attached hydrogens (tertiary/aromatic N) is 1. The third-order valence-corrected chi connectivity index (χ3v) is 6.61. The molecule has 174 valence electrons. The van der Waals surface area contributed by atoms with Crippen LogP contribution in [-0.4, -0.2) is 46.3 Å². The van der Waals surface area contributed by atoms with E-state index in [4.69, 9.17) is 4.74 Å². The van der Waals surface area contributed by atoms with Crippen molar-refractivity contribution in [1.29, 1.82) is 0 Å². The minimum absolute atomic E-state index is 0.227. The quantitative estimate of drug-likeness (QED) is 0.529. The number of benzene rings is 2. The van der Waals surface area contributed by atoms with Crippen molar-refractivity contribution in [2.24, 2.45) is 0 Å². The molecule has 1 aliphatic heterocycles. The molecule has 0 aromatic heterocycles. The standard InChI is InChI=1S/C24H33N3O4S/c1-19(2)20-6-12-23(13-7-20)31-17-14-25-24(28)18-32(29,30)26-21-8-10-22(11-9-21)27-15-4-3-5-16-27/h6-13,19,26H,3-5,14-18H2,1-2H3,(H,25,28). The van der Waals surface area contributed by atoms with Crippen molar-refractivity contribution in [1.82, 2.24) is 5.32 Å². The van der Waals surface area contributed by atoms with Crippen molar-refractivity contribution in [2.45, 2.75) is 39.0 Å². The van der Waals surface area contributed by atoms with E-state index in [1.807, 2.05) is 36.4 Å². The van der Waals surface area contributed by atoms with Gasteiger partial charge in [0.05, 0.1) is 6.54 Å². The van der Waals surface area contributed by atoms with Crippen molar-refractivity contribution >= 4 is 27.3 Å². The highest BCUT2D eigenvalue weighted by Crippen LogP contribution is 2.22. The molecular formula is C24H33N3O4S. The SMILES string of the molecule is CC(C)c1ccc(OCCNC(=O)CS(=O)(=O)Nc2ccc(N3CCCCC3)cc2)cc1. The Morgan fingerprint density at radius 3 is 2.28 bits per heavy atom. The number of rotatable bonds is 10. The van der Waals surface area contributed by atoms with E-state index < -0.39 is 21.7 Å². The molecule has 2 aromatic rings. The first-order valence-electron chi connectivity index (χ1n) is 11.2. The predicted molar refractivity (Wildman–Crippen MR) is 129 cm³/mol. The molecular weight excluding hydrogens is 426 g/mol. The zero-order valence-corrected chi connectivity index (χ0v) is 19.7. The van der Waals surface area contributed by atoms with E-state index in [0.29, 0.717) is 17.4 Å². The molecule has 0 bridgehead atoms. The zero-order valence-electron chi connectivity index (χ0n) is 18.8. The fourth-order valence-electron chi connectivity index (χ4n) is 3.64. The molecule has 1 aliphatic rings. The van der Waals surface area contributed by atoms with Crippen LogP contribution < -0.4 is 19.7 Å². The second-order valence-corrected chi connectivity index (χ2v) is 10.1. The summed E-state index contributed by atoms with van der Waals surface area (Å²) in [6.07, 6.45) is 3.62. The summed E-state index contributed by atoms with van der Waals surface area (Å²) in [5.41, 5.74) is 2.76. The van der Waals surface area contributed by atoms with Crippen LogP contribution in [0.2, 0.25) is 0 Å². The van der Waals surface area contributed by atoms with Crippen LogP contribution in [0.25, 0.3) is 0 Å². The highest BCUT2D eigenvalue weighted by Gasteiger charge is 2.17. The van der Waals surface area contributed by atoms with Crippen molar-refractivity contribution in [2.75, 3.05) is 41.6 Å². The predicted octanol–water partition coefficient (Wildman–Crippen LogP) is 3.74. The van der Waals surface area contributed by atoms with Crippen LogP contribution in [0.5, 0.6) is 5.75 Å². The molecule has 0 atom stereocenters. The summed E-state index contributed by atoms with van der Waals surface area (Å²) in [5.74, 6) is -0.0390. The second-order valence-electron chi connectivity index (χ2n) is 8.38. The lowest BCUT2D eigenvalue weighted by Gasteiger charge is -2.28. The van der Waals surface area contributed by atoms with Gasteiger partial charge in [0.1, 0.15) is 18.1 Å². The number of nitrogens with one attached hydrogen (secondary N) is 2. The number of sulfonamides is 1. The number of amides is 1. The van der Waals surface area contributed by atoms with Crippen molar-refractivity contribution in [3.05, 3.63) is 54.1 Å². The molecule has 2 N–H and O–H groups in total. The van der Waals surface area contributed by atoms with E-state index in [9.17, 15) is 13.2 Å². The van der Waals surface area contributed by atoms with Gasteiger partial charge in [-0.15, -0.1) is 0 Å². The second kappa shape index (κ2) is 11.2. The number of carbonyl (C=O) groups excluding carboxylic acids is 1. The Morgan fingerprint density at radius 1 is 1.00 bits per heavy atom. The zero-order chi connectivity index (χ0) is 23.0. The van der Waals surface area contributed by atoms with Crippen molar-refractivity contribution < 1.29 is 17.9 Å². The van der Waals surface area contributed by atoms with Crippen LogP contribution in [0.1, 0.15) is 44.6 Å². The fraction of sp³-hybridized carbons (Fsp3) is 0.458. The molecule has 1 amide bonds. The maximum Gasteiger partial charge on any atom is 0.241 e. The van der Waals surface area contributed by atoms with Gasteiger partial charge in [-0.1, -0.05) is 26.0 Å². The van der Waals surface area contributed by atoms with E-state index in [1.54, 1.807) is 12.1 Å². The molecule has 0 radical (unpaired) electrons. The van der Waals surface area contributed by atoms with Gasteiger partial charge in [-0.25, -0.2) is 8.42 Å². The summed E-state index contributed by atoms with van der Waals surface area (Å²) in [6, 6.07) is 15.1. The average Bonchev–Trinajstić information content (AvgIpc) is 2.77. The maximum atomic E-state index is 12.3. The molecule has 0 saturated carbocycles. The van der Waals surface area contributed by atoms with Crippen LogP contribution in [0, 0.1) is 0 Å². The Balaban J connectivity index is 1.40. The number of anilines is 2. The molecule has 1 saturated heterocycles. The molecule has 7 nitrogen and oxygen atoms in total. The lowest BCUT2D eigenvalue weighted by molar-refractivity contribution is -0.118. The molecule has 0 unspecified atom stereocenters. The van der Waals surface area contributed by atoms with E-state index in [2.05, 4.69) is 28.8 Å². The minimum atomic E-state index is -3.79. The van der Waals surface area contributed by atoms with Crippen molar-refractivity contribution in [3.8, 4) is 5.75 Å². The summed E-state index contributed by atoms with van der Waals surface area (Å²) in [5, 5.41) is 2.59. The topological polar surface area (TPSA) is 87.7 Å². The van der Waals surface area contributed by atoms with Crippen LogP contribution in [0.3, 0.4) is 0 Å². The number of hydrogen-bond donors (Lipinski definition) is 2. The monoisotopic (exact) mass is 459 g/mol. The summed E-state index contributed by atoms with van der Waals surface area (Å²) >= 11 is 0. The van der Waals surface area contributed by atoms with Crippen LogP contribution in [0.4, 0.5) is 11.4 Å². The first kappa shape index (κ1) is 23.9. The van der Waals surface area contributed by atoms with Crippen LogP contribution in [0.15, 0.2) is 48.5 Å². The van der Waals surface area contributed by atoms with Gasteiger partial charge >= 0.3 is 0 Å². The summed E-state index contributed by atoms with van der Waals surface area (Å²) in [7, 11) is -3.79. The third kappa shape index (κ3) is 7.44. The van der Waals surface area contributed by atoms with Crippen molar-refractivity contribution in [3.63, 3.8) is 0 Å². The van der Waals surface area contributed by atoms with Gasteiger partial charge in [0.25, 0.3) is 0 Å². The molecule has 1 fully saturated rings. The van der Waals surface area contributed by atoms with Gasteiger partial charge in [-0.2, -0.15) is 0 Å². The maximum absolute atomic E-state index is 12.3. The molecule has 32 heavy (non-hydrogen) atoms. The molecule has 0 aliphatic carbocycles. The van der Waals surface area contributed by atoms with Gasteiger partial charge < -0.3 is 15.0 Å². The van der Waals surface area contributed by atoms with Crippen LogP contribution in [-0.2, 0) is 14.8 Å². The molecule has 3 rings (SSSR count). The normalized spacial score (nSPS) is 14.3. The van der Waals surface area contributed by atoms with Crippen LogP contribution >= 0.6 is 0 Å². The summed E-state index contributed by atoms with van der Waals surface area (Å²) in [6.45, 7) is 6.79. The van der Waals surface area contributed by atoms with E-state index in [-0.39, 0.29) is 13.2 Å². The number of piperidine rings is 1. The Labute approximate surface area is 191 Å². The van der Waals surface area contributed by atoms with Gasteiger partial charge in [0.2, 0.25) is 15.9 Å². The summed E-state index contributed by atoms with van der Waals surface area (Å²) < 4.78 is 32.7. The van der Waals surface area contributed by atoms with Gasteiger partial charge in [0, 0.05) is 24.5 Å². The minimum Gasteiger partial charge on any atom is -0.492 e. The molecule has 1 heterocycles. The Bertz CT molecular complexity index is 967. The number of hydrogen-bond acceptors (Lipinski definition) is 5. The highest BCUT2D eigenvalue weighted by molar-refractivity contribution is 7.93. The van der Waals surface area contributed by atoms with E-state index in [0.717, 1.165) is 18.8 Å². The van der Waals surface area contributed by atoms with E-state index in [1.165, 1.54) is 24.8 Å². The Hall–Kier alpha value is -2.74. The highest BCUT2D eigenvalue weighted by atomic mass is 32.2. The van der Waals surface area contributed by atoms with Gasteiger partial charge in [0.15, 0.2) is 0 Å². The third-order valence-electron chi connectivity index (χ3n) is 5.42. The molecule has 0 spiro atoms. The smallest absolute Gasteiger partial charge is 0.241 e.